The Morgan fingerprint density at radius 2 is 1.62 bits per heavy atom. The van der Waals surface area contributed by atoms with Crippen LogP contribution in [-0.2, 0) is 0 Å². The fraction of sp³-hybridized carbons (Fsp3) is 0.268. The molecule has 0 amide bonds. The SMILES string of the molecule is COc1cc(O)c2c(c1)=NC(=NCCN(C)CCCN(C)CCNc1nc3cc(OC)ccc3c3c1C(=O)c1cnccc1-3)C1=Cc3cnccc3C=21. The molecule has 0 bridgehead atoms. The molecule has 0 spiro atoms. The Labute approximate surface area is 306 Å². The van der Waals surface area contributed by atoms with E-state index < -0.39 is 0 Å². The second kappa shape index (κ2) is 14.2. The summed E-state index contributed by atoms with van der Waals surface area (Å²) in [4.78, 5) is 41.3. The molecule has 0 saturated carbocycles. The Morgan fingerprint density at radius 3 is 2.43 bits per heavy atom. The summed E-state index contributed by atoms with van der Waals surface area (Å²) in [6.07, 6.45) is 9.99. The number of phenols is 1. The van der Waals surface area contributed by atoms with E-state index in [1.807, 2.05) is 42.6 Å². The average molecular weight is 709 g/mol. The number of benzene rings is 2. The Bertz CT molecular complexity index is 2480. The third-order valence-corrected chi connectivity index (χ3v) is 10.1. The van der Waals surface area contributed by atoms with Gasteiger partial charge in [0.1, 0.15) is 23.1 Å². The molecule has 12 heteroatoms. The molecule has 0 unspecified atom stereocenters. The van der Waals surface area contributed by atoms with Gasteiger partial charge in [-0.1, -0.05) is 0 Å². The summed E-state index contributed by atoms with van der Waals surface area (Å²) in [5, 5.41) is 16.7. The van der Waals surface area contributed by atoms with Crippen molar-refractivity contribution >= 4 is 40.0 Å². The van der Waals surface area contributed by atoms with Crippen LogP contribution in [0.25, 0.3) is 33.7 Å². The molecule has 12 nitrogen and oxygen atoms in total. The Hall–Kier alpha value is -5.98. The Balaban J connectivity index is 0.878. The molecule has 2 aromatic carbocycles. The van der Waals surface area contributed by atoms with Crippen molar-refractivity contribution in [2.45, 2.75) is 6.42 Å². The van der Waals surface area contributed by atoms with Gasteiger partial charge in [0.05, 0.1) is 42.4 Å². The highest BCUT2D eigenvalue weighted by Gasteiger charge is 2.33. The molecule has 0 saturated heterocycles. The lowest BCUT2D eigenvalue weighted by molar-refractivity contribution is 0.104. The van der Waals surface area contributed by atoms with Crippen LogP contribution >= 0.6 is 0 Å². The first-order valence-corrected chi connectivity index (χ1v) is 17.7. The first kappa shape index (κ1) is 34.1. The van der Waals surface area contributed by atoms with Gasteiger partial charge in [-0.3, -0.25) is 19.8 Å². The molecule has 0 radical (unpaired) electrons. The van der Waals surface area contributed by atoms with E-state index in [1.165, 1.54) is 0 Å². The van der Waals surface area contributed by atoms with Gasteiger partial charge < -0.3 is 29.7 Å². The number of carbonyl (C=O) groups is 1. The molecule has 2 aliphatic carbocycles. The number of aromatic nitrogens is 3. The zero-order valence-electron chi connectivity index (χ0n) is 30.2. The highest BCUT2D eigenvalue weighted by Crippen LogP contribution is 2.44. The predicted molar refractivity (Wildman–Crippen MR) is 206 cm³/mol. The number of likely N-dealkylation sites (N-methyl/N-ethyl adjacent to an activating group) is 2. The number of ether oxygens (including phenoxy) is 2. The fourth-order valence-corrected chi connectivity index (χ4v) is 7.37. The van der Waals surface area contributed by atoms with Gasteiger partial charge in [0.15, 0.2) is 11.6 Å². The summed E-state index contributed by atoms with van der Waals surface area (Å²) >= 11 is 0. The molecular weight excluding hydrogens is 669 g/mol. The zero-order valence-corrected chi connectivity index (χ0v) is 30.2. The molecule has 5 aromatic rings. The second-order valence-corrected chi connectivity index (χ2v) is 13.5. The minimum Gasteiger partial charge on any atom is -0.507 e. The highest BCUT2D eigenvalue weighted by molar-refractivity contribution is 6.28. The summed E-state index contributed by atoms with van der Waals surface area (Å²) in [6, 6.07) is 13.1. The largest absolute Gasteiger partial charge is 0.507 e. The maximum atomic E-state index is 13.5. The molecule has 8 rings (SSSR count). The van der Waals surface area contributed by atoms with Crippen molar-refractivity contribution in [3.05, 3.63) is 106 Å². The molecule has 3 aromatic heterocycles. The number of hydrogen-bond acceptors (Lipinski definition) is 11. The van der Waals surface area contributed by atoms with E-state index in [0.29, 0.717) is 57.9 Å². The number of nitrogens with zero attached hydrogens (tertiary/aromatic N) is 7. The summed E-state index contributed by atoms with van der Waals surface area (Å²) in [5.41, 5.74) is 7.56. The van der Waals surface area contributed by atoms with Crippen molar-refractivity contribution in [2.24, 2.45) is 9.98 Å². The van der Waals surface area contributed by atoms with Crippen LogP contribution in [0, 0.1) is 0 Å². The minimum absolute atomic E-state index is 0.0558. The van der Waals surface area contributed by atoms with Gasteiger partial charge in [0.2, 0.25) is 0 Å². The predicted octanol–water partition coefficient (Wildman–Crippen LogP) is 3.95. The molecule has 53 heavy (non-hydrogen) atoms. The summed E-state index contributed by atoms with van der Waals surface area (Å²) in [6.45, 7) is 4.58. The van der Waals surface area contributed by atoms with Crippen LogP contribution in [0.1, 0.15) is 33.5 Å². The summed E-state index contributed by atoms with van der Waals surface area (Å²) < 4.78 is 10.9. The van der Waals surface area contributed by atoms with Crippen LogP contribution in [0.2, 0.25) is 0 Å². The van der Waals surface area contributed by atoms with E-state index in [0.717, 1.165) is 76.9 Å². The lowest BCUT2D eigenvalue weighted by atomic mass is 9.97. The van der Waals surface area contributed by atoms with E-state index in [9.17, 15) is 9.90 Å². The van der Waals surface area contributed by atoms with E-state index in [2.05, 4.69) is 45.3 Å². The summed E-state index contributed by atoms with van der Waals surface area (Å²) in [7, 11) is 7.43. The van der Waals surface area contributed by atoms with E-state index in [4.69, 9.17) is 24.4 Å². The lowest BCUT2D eigenvalue weighted by Gasteiger charge is -2.21. The molecule has 3 aliphatic rings. The molecular formula is C41H40N8O4. The number of aromatic hydroxyl groups is 1. The van der Waals surface area contributed by atoms with Crippen LogP contribution in [0.15, 0.2) is 82.8 Å². The number of ketones is 1. The third-order valence-electron chi connectivity index (χ3n) is 10.1. The molecule has 1 aliphatic heterocycles. The van der Waals surface area contributed by atoms with Crippen molar-refractivity contribution in [2.75, 3.05) is 72.9 Å². The van der Waals surface area contributed by atoms with Crippen molar-refractivity contribution in [1.29, 1.82) is 0 Å². The summed E-state index contributed by atoms with van der Waals surface area (Å²) in [5.74, 6) is 2.55. The fourth-order valence-electron chi connectivity index (χ4n) is 7.37. The Kier molecular flexibility index (Phi) is 9.15. The van der Waals surface area contributed by atoms with E-state index >= 15 is 0 Å². The molecule has 4 heterocycles. The molecule has 0 atom stereocenters. The van der Waals surface area contributed by atoms with Gasteiger partial charge >= 0.3 is 0 Å². The lowest BCUT2D eigenvalue weighted by Crippen LogP contribution is -2.34. The first-order chi connectivity index (χ1) is 25.8. The standard InChI is InChI=1S/C41H40N8O4/c1-48(16-12-44-40-30-18-24-22-42-10-8-27(24)35(30)37-33(47-40)20-26(53-4)21-34(37)50)14-5-15-49(2)17-13-45-41-38-36(28-9-11-43-23-31(28)39(38)51)29-7-6-25(52-3)19-32(29)46-41/h6-11,18-23,50H,5,12-17H2,1-4H3,(H,45,46). The number of amidine groups is 1. The van der Waals surface area contributed by atoms with Crippen molar-refractivity contribution in [3.63, 3.8) is 0 Å². The van der Waals surface area contributed by atoms with Crippen LogP contribution in [0.3, 0.4) is 0 Å². The average Bonchev–Trinajstić information content (AvgIpc) is 3.70. The van der Waals surface area contributed by atoms with Crippen molar-refractivity contribution in [3.8, 4) is 28.4 Å². The number of hydrogen-bond donors (Lipinski definition) is 2. The van der Waals surface area contributed by atoms with Gasteiger partial charge in [0, 0.05) is 95.8 Å². The van der Waals surface area contributed by atoms with E-state index in [-0.39, 0.29) is 11.5 Å². The highest BCUT2D eigenvalue weighted by atomic mass is 16.5. The smallest absolute Gasteiger partial charge is 0.199 e. The number of fused-ring (bicyclic) bond motifs is 9. The van der Waals surface area contributed by atoms with Gasteiger partial charge in [0.25, 0.3) is 0 Å². The van der Waals surface area contributed by atoms with Gasteiger partial charge in [-0.2, -0.15) is 0 Å². The number of aliphatic imine (C=N–C) groups is 1. The maximum absolute atomic E-state index is 13.5. The zero-order chi connectivity index (χ0) is 36.6. The second-order valence-electron chi connectivity index (χ2n) is 13.5. The van der Waals surface area contributed by atoms with Crippen molar-refractivity contribution < 1.29 is 19.4 Å². The third kappa shape index (κ3) is 6.30. The van der Waals surface area contributed by atoms with Crippen LogP contribution in [0.5, 0.6) is 17.2 Å². The van der Waals surface area contributed by atoms with Crippen LogP contribution in [0.4, 0.5) is 5.82 Å². The first-order valence-electron chi connectivity index (χ1n) is 17.7. The van der Waals surface area contributed by atoms with Gasteiger partial charge in [-0.05, 0) is 75.1 Å². The van der Waals surface area contributed by atoms with E-state index in [1.54, 1.807) is 38.9 Å². The monoisotopic (exact) mass is 708 g/mol. The topological polar surface area (TPSA) is 138 Å². The minimum atomic E-state index is -0.0558. The normalized spacial score (nSPS) is 14.5. The van der Waals surface area contributed by atoms with Crippen molar-refractivity contribution in [1.82, 2.24) is 24.8 Å². The number of methoxy groups -OCH3 is 2. The number of phenolic OH excluding ortho intramolecular Hbond substituents is 1. The van der Waals surface area contributed by atoms with Crippen LogP contribution < -0.4 is 25.4 Å². The van der Waals surface area contributed by atoms with Gasteiger partial charge in [-0.25, -0.2) is 9.98 Å². The number of carbonyl (C=O) groups excluding carboxylic acids is 1. The number of pyridine rings is 3. The Morgan fingerprint density at radius 1 is 0.849 bits per heavy atom. The molecule has 0 fully saturated rings. The van der Waals surface area contributed by atoms with Gasteiger partial charge in [-0.15, -0.1) is 0 Å². The number of anilines is 1. The maximum Gasteiger partial charge on any atom is 0.199 e. The number of rotatable bonds is 13. The van der Waals surface area contributed by atoms with Crippen LogP contribution in [-0.4, -0.2) is 109 Å². The molecule has 2 N–H and O–H groups in total. The quantitative estimate of drug-likeness (QED) is 0.182. The number of nitrogens with one attached hydrogen (secondary N) is 1. The molecule has 268 valence electrons.